The lowest BCUT2D eigenvalue weighted by molar-refractivity contribution is -0.144. The van der Waals surface area contributed by atoms with Gasteiger partial charge in [-0.3, -0.25) is 4.79 Å². The van der Waals surface area contributed by atoms with Crippen LogP contribution in [0.3, 0.4) is 0 Å². The number of nitrogens with one attached hydrogen (secondary N) is 1. The molecule has 4 heteroatoms. The quantitative estimate of drug-likeness (QED) is 0.502. The van der Waals surface area contributed by atoms with Crippen molar-refractivity contribution < 1.29 is 13.6 Å². The normalized spacial score (nSPS) is 23.6. The molecular formula is C6H7F2NO. The lowest BCUT2D eigenvalue weighted by atomic mass is 10.2. The lowest BCUT2D eigenvalue weighted by Gasteiger charge is -2.09. The third kappa shape index (κ3) is 1.32. The average Bonchev–Trinajstić information content (AvgIpc) is 1.96. The maximum Gasteiger partial charge on any atom is 0.327 e. The predicted molar refractivity (Wildman–Crippen MR) is 31.7 cm³/mol. The van der Waals surface area contributed by atoms with Crippen LogP contribution in [0.15, 0.2) is 12.2 Å². The Balaban J connectivity index is 2.71. The molecular weight excluding hydrogens is 140 g/mol. The van der Waals surface area contributed by atoms with Crippen LogP contribution in [-0.4, -0.2) is 18.4 Å². The highest BCUT2D eigenvalue weighted by Crippen LogP contribution is 2.19. The molecule has 1 N–H and O–H groups in total. The fraction of sp³-hybridized carbons (Fsp3) is 0.500. The largest absolute Gasteiger partial charge is 0.347 e. The maximum absolute atomic E-state index is 12.4. The third-order valence-corrected chi connectivity index (χ3v) is 1.25. The molecule has 1 heterocycles. The molecule has 1 aliphatic heterocycles. The topological polar surface area (TPSA) is 29.1 Å². The second-order valence-electron chi connectivity index (χ2n) is 2.09. The lowest BCUT2D eigenvalue weighted by Crippen LogP contribution is -2.38. The van der Waals surface area contributed by atoms with E-state index in [9.17, 15) is 13.6 Å². The molecule has 1 aliphatic rings. The van der Waals surface area contributed by atoms with Gasteiger partial charge in [0, 0.05) is 13.0 Å². The van der Waals surface area contributed by atoms with Crippen molar-refractivity contribution in [2.45, 2.75) is 12.3 Å². The first-order valence-corrected chi connectivity index (χ1v) is 2.94. The molecule has 0 atom stereocenters. The van der Waals surface area contributed by atoms with Crippen LogP contribution in [0.1, 0.15) is 6.42 Å². The van der Waals surface area contributed by atoms with E-state index < -0.39 is 18.3 Å². The molecule has 0 aromatic carbocycles. The zero-order valence-corrected chi connectivity index (χ0v) is 5.23. The number of carbonyl (C=O) groups is 1. The number of rotatable bonds is 0. The SMILES string of the molecule is O=C1NCC=CCC1(F)F. The number of halogens is 2. The summed E-state index contributed by atoms with van der Waals surface area (Å²) < 4.78 is 24.8. The van der Waals surface area contributed by atoms with Gasteiger partial charge in [0.15, 0.2) is 0 Å². The summed E-state index contributed by atoms with van der Waals surface area (Å²) in [5.74, 6) is -4.40. The van der Waals surface area contributed by atoms with Gasteiger partial charge in [-0.25, -0.2) is 0 Å². The molecule has 1 amide bonds. The highest BCUT2D eigenvalue weighted by atomic mass is 19.3. The van der Waals surface area contributed by atoms with Crippen molar-refractivity contribution >= 4 is 5.91 Å². The first-order valence-electron chi connectivity index (χ1n) is 2.94. The van der Waals surface area contributed by atoms with E-state index in [0.717, 1.165) is 0 Å². The second-order valence-corrected chi connectivity index (χ2v) is 2.09. The van der Waals surface area contributed by atoms with Gasteiger partial charge >= 0.3 is 5.92 Å². The van der Waals surface area contributed by atoms with Crippen molar-refractivity contribution in [3.05, 3.63) is 12.2 Å². The molecule has 0 radical (unpaired) electrons. The van der Waals surface area contributed by atoms with Crippen molar-refractivity contribution in [3.63, 3.8) is 0 Å². The van der Waals surface area contributed by atoms with Gasteiger partial charge < -0.3 is 5.32 Å². The summed E-state index contributed by atoms with van der Waals surface area (Å²) in [7, 11) is 0. The Morgan fingerprint density at radius 3 is 2.90 bits per heavy atom. The van der Waals surface area contributed by atoms with Crippen LogP contribution in [0.5, 0.6) is 0 Å². The van der Waals surface area contributed by atoms with E-state index in [1.807, 2.05) is 0 Å². The van der Waals surface area contributed by atoms with E-state index in [4.69, 9.17) is 0 Å². The van der Waals surface area contributed by atoms with Gasteiger partial charge in [-0.05, 0) is 0 Å². The molecule has 0 fully saturated rings. The molecule has 0 saturated heterocycles. The molecule has 1 rings (SSSR count). The molecule has 0 unspecified atom stereocenters. The van der Waals surface area contributed by atoms with Crippen molar-refractivity contribution in [2.24, 2.45) is 0 Å². The van der Waals surface area contributed by atoms with E-state index in [0.29, 0.717) is 0 Å². The standard InChI is InChI=1S/C6H7F2NO/c7-6(8)3-1-2-4-9-5(6)10/h1-2H,3-4H2,(H,9,10). The number of amides is 1. The van der Waals surface area contributed by atoms with Gasteiger partial charge in [0.25, 0.3) is 5.91 Å². The summed E-state index contributed by atoms with van der Waals surface area (Å²) in [5, 5.41) is 2.06. The van der Waals surface area contributed by atoms with Gasteiger partial charge in [0.1, 0.15) is 0 Å². The minimum atomic E-state index is -3.22. The van der Waals surface area contributed by atoms with Crippen molar-refractivity contribution in [3.8, 4) is 0 Å². The van der Waals surface area contributed by atoms with Crippen LogP contribution in [0.4, 0.5) is 8.78 Å². The Bertz CT molecular complexity index is 177. The third-order valence-electron chi connectivity index (χ3n) is 1.25. The Morgan fingerprint density at radius 2 is 2.20 bits per heavy atom. The van der Waals surface area contributed by atoms with Crippen LogP contribution in [0, 0.1) is 0 Å². The monoisotopic (exact) mass is 147 g/mol. The minimum absolute atomic E-state index is 0.203. The molecule has 2 nitrogen and oxygen atoms in total. The molecule has 0 aliphatic carbocycles. The van der Waals surface area contributed by atoms with Crippen LogP contribution in [0.25, 0.3) is 0 Å². The Kier molecular flexibility index (Phi) is 1.70. The highest BCUT2D eigenvalue weighted by molar-refractivity contribution is 5.83. The number of hydrogen-bond donors (Lipinski definition) is 1. The molecule has 0 spiro atoms. The first kappa shape index (κ1) is 7.18. The summed E-state index contributed by atoms with van der Waals surface area (Å²) in [4.78, 5) is 10.4. The van der Waals surface area contributed by atoms with Crippen LogP contribution in [0.2, 0.25) is 0 Å². The van der Waals surface area contributed by atoms with Crippen molar-refractivity contribution in [2.75, 3.05) is 6.54 Å². The molecule has 0 aromatic heterocycles. The average molecular weight is 147 g/mol. The molecule has 56 valence electrons. The van der Waals surface area contributed by atoms with E-state index in [1.54, 1.807) is 0 Å². The van der Waals surface area contributed by atoms with Gasteiger partial charge in [-0.2, -0.15) is 8.78 Å². The predicted octanol–water partition coefficient (Wildman–Crippen LogP) is 0.698. The zero-order chi connectivity index (χ0) is 7.61. The van der Waals surface area contributed by atoms with E-state index in [2.05, 4.69) is 5.32 Å². The van der Waals surface area contributed by atoms with Gasteiger partial charge in [0.2, 0.25) is 0 Å². The summed E-state index contributed by atoms with van der Waals surface area (Å²) in [6.45, 7) is 0.203. The van der Waals surface area contributed by atoms with Crippen LogP contribution >= 0.6 is 0 Å². The van der Waals surface area contributed by atoms with Gasteiger partial charge in [-0.1, -0.05) is 12.2 Å². The van der Waals surface area contributed by atoms with E-state index >= 15 is 0 Å². The summed E-state index contributed by atoms with van der Waals surface area (Å²) in [6.07, 6.45) is 2.33. The minimum Gasteiger partial charge on any atom is -0.347 e. The molecule has 0 saturated carbocycles. The van der Waals surface area contributed by atoms with Crippen molar-refractivity contribution in [1.82, 2.24) is 5.32 Å². The van der Waals surface area contributed by atoms with Crippen LogP contribution < -0.4 is 5.32 Å². The Labute approximate surface area is 56.9 Å². The Hall–Kier alpha value is -0.930. The smallest absolute Gasteiger partial charge is 0.327 e. The summed E-state index contributed by atoms with van der Waals surface area (Å²) in [6, 6.07) is 0. The molecule has 10 heavy (non-hydrogen) atoms. The number of hydrogen-bond acceptors (Lipinski definition) is 1. The number of alkyl halides is 2. The van der Waals surface area contributed by atoms with Gasteiger partial charge in [-0.15, -0.1) is 0 Å². The first-order chi connectivity index (χ1) is 4.63. The fourth-order valence-electron chi connectivity index (χ4n) is 0.688. The summed E-state index contributed by atoms with van der Waals surface area (Å²) in [5.41, 5.74) is 0. The number of carbonyl (C=O) groups excluding carboxylic acids is 1. The number of allylic oxidation sites excluding steroid dienone is 1. The molecule has 0 bridgehead atoms. The van der Waals surface area contributed by atoms with E-state index in [1.165, 1.54) is 12.2 Å². The molecule has 0 aromatic rings. The second kappa shape index (κ2) is 2.36. The Morgan fingerprint density at radius 1 is 1.50 bits per heavy atom. The maximum atomic E-state index is 12.4. The highest BCUT2D eigenvalue weighted by Gasteiger charge is 2.37. The van der Waals surface area contributed by atoms with Crippen LogP contribution in [-0.2, 0) is 4.79 Å². The fourth-order valence-corrected chi connectivity index (χ4v) is 0.688. The summed E-state index contributed by atoms with van der Waals surface area (Å²) >= 11 is 0. The van der Waals surface area contributed by atoms with E-state index in [-0.39, 0.29) is 6.54 Å². The van der Waals surface area contributed by atoms with Gasteiger partial charge in [0.05, 0.1) is 0 Å². The zero-order valence-electron chi connectivity index (χ0n) is 5.23. The van der Waals surface area contributed by atoms with Crippen molar-refractivity contribution in [1.29, 1.82) is 0 Å².